The molecule has 0 aliphatic heterocycles. The van der Waals surface area contributed by atoms with Crippen LogP contribution in [0.1, 0.15) is 30.9 Å². The molecule has 3 N–H and O–H groups in total. The van der Waals surface area contributed by atoms with Gasteiger partial charge in [0, 0.05) is 5.56 Å². The lowest BCUT2D eigenvalue weighted by Gasteiger charge is -2.10. The molecule has 0 aliphatic rings. The van der Waals surface area contributed by atoms with Crippen molar-refractivity contribution in [2.24, 2.45) is 5.73 Å². The van der Waals surface area contributed by atoms with Crippen LogP contribution in [0, 0.1) is 5.41 Å². The molecule has 0 spiro atoms. The van der Waals surface area contributed by atoms with E-state index in [0.717, 1.165) is 11.1 Å². The van der Waals surface area contributed by atoms with Crippen LogP contribution in [0.2, 0.25) is 0 Å². The lowest BCUT2D eigenvalue weighted by Crippen LogP contribution is -2.14. The predicted molar refractivity (Wildman–Crippen MR) is 66.0 cm³/mol. The van der Waals surface area contributed by atoms with Crippen LogP contribution < -0.4 is 5.73 Å². The summed E-state index contributed by atoms with van der Waals surface area (Å²) in [7, 11) is 0. The Labute approximate surface area is 97.2 Å². The average Bonchev–Trinajstić information content (AvgIpc) is 2.04. The molecular formula is C10H16Cl2N2. The van der Waals surface area contributed by atoms with Crippen LogP contribution in [0.3, 0.4) is 0 Å². The molecule has 4 heteroatoms. The summed E-state index contributed by atoms with van der Waals surface area (Å²) >= 11 is 0. The molecule has 1 aromatic carbocycles. The van der Waals surface area contributed by atoms with E-state index in [9.17, 15) is 0 Å². The minimum absolute atomic E-state index is 0. The largest absolute Gasteiger partial charge is 0.384 e. The van der Waals surface area contributed by atoms with E-state index in [2.05, 4.69) is 13.8 Å². The second kappa shape index (κ2) is 6.68. The van der Waals surface area contributed by atoms with E-state index >= 15 is 0 Å². The van der Waals surface area contributed by atoms with E-state index in [-0.39, 0.29) is 30.6 Å². The third-order valence-corrected chi connectivity index (χ3v) is 1.87. The standard InChI is InChI=1S/C10H14N2.2ClH/c1-7(2)8-5-3-4-6-9(8)10(11)12;;/h3-7H,1-2H3,(H3,11,12);2*1H. The van der Waals surface area contributed by atoms with Crippen molar-refractivity contribution in [3.05, 3.63) is 35.4 Å². The van der Waals surface area contributed by atoms with Gasteiger partial charge >= 0.3 is 0 Å². The minimum Gasteiger partial charge on any atom is -0.384 e. The summed E-state index contributed by atoms with van der Waals surface area (Å²) in [5.41, 5.74) is 7.43. The molecule has 2 nitrogen and oxygen atoms in total. The molecule has 0 saturated heterocycles. The van der Waals surface area contributed by atoms with Gasteiger partial charge in [0.15, 0.2) is 0 Å². The first-order valence-corrected chi connectivity index (χ1v) is 4.06. The average molecular weight is 235 g/mol. The zero-order valence-corrected chi connectivity index (χ0v) is 9.91. The number of nitrogen functional groups attached to an aromatic ring is 1. The molecule has 0 aliphatic carbocycles. The topological polar surface area (TPSA) is 49.9 Å². The number of benzene rings is 1. The van der Waals surface area contributed by atoms with E-state index < -0.39 is 0 Å². The Kier molecular flexibility index (Phi) is 7.51. The van der Waals surface area contributed by atoms with E-state index in [1.54, 1.807) is 0 Å². The fourth-order valence-electron chi connectivity index (χ4n) is 1.25. The second-order valence-electron chi connectivity index (χ2n) is 3.16. The molecule has 0 bridgehead atoms. The van der Waals surface area contributed by atoms with Crippen molar-refractivity contribution in [1.82, 2.24) is 0 Å². The van der Waals surface area contributed by atoms with Crippen molar-refractivity contribution in [1.29, 1.82) is 5.41 Å². The van der Waals surface area contributed by atoms with E-state index in [0.29, 0.717) is 5.92 Å². The summed E-state index contributed by atoms with van der Waals surface area (Å²) in [4.78, 5) is 0. The SMILES string of the molecule is CC(C)c1ccccc1C(=N)N.Cl.Cl. The highest BCUT2D eigenvalue weighted by molar-refractivity contribution is 5.96. The van der Waals surface area contributed by atoms with Gasteiger partial charge in [-0.25, -0.2) is 0 Å². The van der Waals surface area contributed by atoms with Crippen LogP contribution in [0.15, 0.2) is 24.3 Å². The van der Waals surface area contributed by atoms with Crippen molar-refractivity contribution in [2.75, 3.05) is 0 Å². The maximum absolute atomic E-state index is 7.35. The fourth-order valence-corrected chi connectivity index (χ4v) is 1.25. The highest BCUT2D eigenvalue weighted by atomic mass is 35.5. The van der Waals surface area contributed by atoms with Gasteiger partial charge in [0.1, 0.15) is 5.84 Å². The highest BCUT2D eigenvalue weighted by Crippen LogP contribution is 2.18. The highest BCUT2D eigenvalue weighted by Gasteiger charge is 2.06. The van der Waals surface area contributed by atoms with Gasteiger partial charge in [-0.2, -0.15) is 0 Å². The number of hydrogen-bond acceptors (Lipinski definition) is 1. The van der Waals surface area contributed by atoms with Gasteiger partial charge in [0.25, 0.3) is 0 Å². The first kappa shape index (κ1) is 15.7. The maximum Gasteiger partial charge on any atom is 0.123 e. The molecule has 0 atom stereocenters. The number of hydrogen-bond donors (Lipinski definition) is 2. The number of rotatable bonds is 2. The van der Waals surface area contributed by atoms with Gasteiger partial charge in [-0.3, -0.25) is 5.41 Å². The molecular weight excluding hydrogens is 219 g/mol. The van der Waals surface area contributed by atoms with Gasteiger partial charge in [-0.1, -0.05) is 38.1 Å². The van der Waals surface area contributed by atoms with E-state index in [1.807, 2.05) is 24.3 Å². The lowest BCUT2D eigenvalue weighted by molar-refractivity contribution is 0.863. The van der Waals surface area contributed by atoms with Gasteiger partial charge < -0.3 is 5.73 Å². The van der Waals surface area contributed by atoms with E-state index in [1.165, 1.54) is 0 Å². The molecule has 14 heavy (non-hydrogen) atoms. The monoisotopic (exact) mass is 234 g/mol. The van der Waals surface area contributed by atoms with Crippen LogP contribution in [-0.2, 0) is 0 Å². The quantitative estimate of drug-likeness (QED) is 0.600. The molecule has 1 aromatic rings. The molecule has 1 rings (SSSR count). The fraction of sp³-hybridized carbons (Fsp3) is 0.300. The summed E-state index contributed by atoms with van der Waals surface area (Å²) < 4.78 is 0. The molecule has 0 saturated carbocycles. The number of nitrogens with two attached hydrogens (primary N) is 1. The van der Waals surface area contributed by atoms with Crippen molar-refractivity contribution < 1.29 is 0 Å². The first-order chi connectivity index (χ1) is 5.63. The second-order valence-corrected chi connectivity index (χ2v) is 3.16. The zero-order chi connectivity index (χ0) is 9.14. The smallest absolute Gasteiger partial charge is 0.123 e. The lowest BCUT2D eigenvalue weighted by atomic mass is 9.97. The van der Waals surface area contributed by atoms with Crippen LogP contribution in [0.5, 0.6) is 0 Å². The summed E-state index contributed by atoms with van der Waals surface area (Å²) in [5, 5.41) is 7.35. The maximum atomic E-state index is 7.35. The van der Waals surface area contributed by atoms with Crippen LogP contribution in [-0.4, -0.2) is 5.84 Å². The number of amidine groups is 1. The Morgan fingerprint density at radius 3 is 2.07 bits per heavy atom. The number of halogens is 2. The molecule has 0 heterocycles. The van der Waals surface area contributed by atoms with Gasteiger partial charge in [0.2, 0.25) is 0 Å². The van der Waals surface area contributed by atoms with Gasteiger partial charge in [0.05, 0.1) is 0 Å². The molecule has 0 aromatic heterocycles. The first-order valence-electron chi connectivity index (χ1n) is 4.06. The molecule has 0 unspecified atom stereocenters. The third kappa shape index (κ3) is 3.56. The van der Waals surface area contributed by atoms with Crippen LogP contribution in [0.25, 0.3) is 0 Å². The Hall–Kier alpha value is -0.730. The predicted octanol–water partition coefficient (Wildman–Crippen LogP) is 2.94. The Bertz CT molecular complexity index is 298. The number of nitrogens with one attached hydrogen (secondary N) is 1. The van der Waals surface area contributed by atoms with Gasteiger partial charge in [-0.15, -0.1) is 24.8 Å². The molecule has 0 amide bonds. The molecule has 80 valence electrons. The zero-order valence-electron chi connectivity index (χ0n) is 8.28. The van der Waals surface area contributed by atoms with Crippen molar-refractivity contribution in [2.45, 2.75) is 19.8 Å². The van der Waals surface area contributed by atoms with Gasteiger partial charge in [-0.05, 0) is 11.5 Å². The summed E-state index contributed by atoms with van der Waals surface area (Å²) in [5.74, 6) is 0.574. The Morgan fingerprint density at radius 2 is 1.71 bits per heavy atom. The third-order valence-electron chi connectivity index (χ3n) is 1.87. The van der Waals surface area contributed by atoms with E-state index in [4.69, 9.17) is 11.1 Å². The normalized spacial score (nSPS) is 8.79. The van der Waals surface area contributed by atoms with Crippen molar-refractivity contribution >= 4 is 30.6 Å². The van der Waals surface area contributed by atoms with Crippen molar-refractivity contribution in [3.8, 4) is 0 Å². The van der Waals surface area contributed by atoms with Crippen LogP contribution >= 0.6 is 24.8 Å². The Balaban J connectivity index is 0. The minimum atomic E-state index is 0. The molecule has 0 radical (unpaired) electrons. The summed E-state index contributed by atoms with van der Waals surface area (Å²) in [6, 6.07) is 7.78. The Morgan fingerprint density at radius 1 is 1.21 bits per heavy atom. The summed E-state index contributed by atoms with van der Waals surface area (Å²) in [6.45, 7) is 4.20. The molecule has 0 fully saturated rings. The van der Waals surface area contributed by atoms with Crippen LogP contribution in [0.4, 0.5) is 0 Å². The van der Waals surface area contributed by atoms with Crippen molar-refractivity contribution in [3.63, 3.8) is 0 Å². The summed E-state index contributed by atoms with van der Waals surface area (Å²) in [6.07, 6.45) is 0.